The van der Waals surface area contributed by atoms with Gasteiger partial charge in [-0.1, -0.05) is 29.4 Å². The largest absolute Gasteiger partial charge is 0.483 e. The van der Waals surface area contributed by atoms with E-state index in [0.29, 0.717) is 21.9 Å². The molecule has 0 spiro atoms. The highest BCUT2D eigenvalue weighted by atomic mass is 79.9. The average molecular weight is 363 g/mol. The summed E-state index contributed by atoms with van der Waals surface area (Å²) in [6.45, 7) is 2.10. The molecule has 0 aliphatic heterocycles. The first kappa shape index (κ1) is 14.7. The van der Waals surface area contributed by atoms with Crippen LogP contribution >= 0.6 is 15.9 Å². The predicted molar refractivity (Wildman–Crippen MR) is 82.9 cm³/mol. The third-order valence-electron chi connectivity index (χ3n) is 3.10. The second kappa shape index (κ2) is 6.27. The first-order valence-electron chi connectivity index (χ1n) is 6.60. The zero-order chi connectivity index (χ0) is 15.5. The Kier molecular flexibility index (Phi) is 4.20. The molecule has 4 nitrogen and oxygen atoms in total. The smallest absolute Gasteiger partial charge is 0.264 e. The second-order valence-corrected chi connectivity index (χ2v) is 5.54. The van der Waals surface area contributed by atoms with Gasteiger partial charge >= 0.3 is 0 Å². The van der Waals surface area contributed by atoms with Crippen molar-refractivity contribution in [3.63, 3.8) is 0 Å². The Morgan fingerprint density at radius 2 is 2.05 bits per heavy atom. The molecule has 0 aliphatic carbocycles. The van der Waals surface area contributed by atoms with Gasteiger partial charge in [0.15, 0.2) is 6.61 Å². The van der Waals surface area contributed by atoms with Crippen molar-refractivity contribution in [1.82, 2.24) is 10.1 Å². The first-order chi connectivity index (χ1) is 10.6. The van der Waals surface area contributed by atoms with Gasteiger partial charge in [-0.15, -0.1) is 0 Å². The van der Waals surface area contributed by atoms with Gasteiger partial charge in [0.05, 0.1) is 4.47 Å². The molecule has 0 unspecified atom stereocenters. The van der Waals surface area contributed by atoms with Crippen LogP contribution in [0.2, 0.25) is 0 Å². The predicted octanol–water partition coefficient (Wildman–Crippen LogP) is 4.53. The minimum absolute atomic E-state index is 0.114. The number of halogens is 2. The van der Waals surface area contributed by atoms with E-state index in [1.165, 1.54) is 18.2 Å². The lowest BCUT2D eigenvalue weighted by Gasteiger charge is -2.05. The van der Waals surface area contributed by atoms with Crippen molar-refractivity contribution < 1.29 is 13.7 Å². The molecule has 0 amide bonds. The monoisotopic (exact) mass is 362 g/mol. The van der Waals surface area contributed by atoms with Crippen molar-refractivity contribution in [3.8, 4) is 17.1 Å². The van der Waals surface area contributed by atoms with Crippen LogP contribution in [0.25, 0.3) is 11.4 Å². The molecular weight excluding hydrogens is 351 g/mol. The summed E-state index contributed by atoms with van der Waals surface area (Å²) in [5, 5.41) is 3.96. The number of hydrogen-bond donors (Lipinski definition) is 0. The van der Waals surface area contributed by atoms with Crippen LogP contribution < -0.4 is 4.74 Å². The standard InChI is InChI=1S/C16H12BrFN2O2/c1-10-4-2-3-5-12(10)16-19-15(22-20-16)9-21-14-7-6-11(18)8-13(14)17/h2-8H,9H2,1H3. The normalized spacial score (nSPS) is 10.7. The fourth-order valence-corrected chi connectivity index (χ4v) is 2.44. The molecule has 0 saturated carbocycles. The summed E-state index contributed by atoms with van der Waals surface area (Å²) in [4.78, 5) is 4.31. The molecule has 112 valence electrons. The van der Waals surface area contributed by atoms with Crippen LogP contribution in [0, 0.1) is 12.7 Å². The summed E-state index contributed by atoms with van der Waals surface area (Å²) >= 11 is 3.24. The van der Waals surface area contributed by atoms with Gasteiger partial charge in [0.1, 0.15) is 11.6 Å². The molecule has 22 heavy (non-hydrogen) atoms. The quantitative estimate of drug-likeness (QED) is 0.684. The van der Waals surface area contributed by atoms with Gasteiger partial charge in [-0.3, -0.25) is 0 Å². The molecule has 1 heterocycles. The summed E-state index contributed by atoms with van der Waals surface area (Å²) < 4.78 is 24.3. The number of nitrogens with zero attached hydrogens (tertiary/aromatic N) is 2. The Bertz CT molecular complexity index is 804. The summed E-state index contributed by atoms with van der Waals surface area (Å²) in [7, 11) is 0. The molecular formula is C16H12BrFN2O2. The van der Waals surface area contributed by atoms with E-state index in [2.05, 4.69) is 26.1 Å². The van der Waals surface area contributed by atoms with Crippen molar-refractivity contribution in [2.24, 2.45) is 0 Å². The van der Waals surface area contributed by atoms with Gasteiger partial charge < -0.3 is 9.26 Å². The lowest BCUT2D eigenvalue weighted by molar-refractivity contribution is 0.241. The molecule has 3 aromatic rings. The van der Waals surface area contributed by atoms with E-state index in [-0.39, 0.29) is 12.4 Å². The van der Waals surface area contributed by atoms with Crippen LogP contribution in [-0.4, -0.2) is 10.1 Å². The van der Waals surface area contributed by atoms with Gasteiger partial charge in [0.25, 0.3) is 5.89 Å². The lowest BCUT2D eigenvalue weighted by Crippen LogP contribution is -1.97. The zero-order valence-corrected chi connectivity index (χ0v) is 13.3. The van der Waals surface area contributed by atoms with E-state index >= 15 is 0 Å². The molecule has 0 aliphatic rings. The average Bonchev–Trinajstić information content (AvgIpc) is 2.95. The number of aryl methyl sites for hydroxylation is 1. The van der Waals surface area contributed by atoms with Gasteiger partial charge in [-0.05, 0) is 46.6 Å². The van der Waals surface area contributed by atoms with Gasteiger partial charge in [-0.2, -0.15) is 4.98 Å². The van der Waals surface area contributed by atoms with E-state index in [1.54, 1.807) is 0 Å². The van der Waals surface area contributed by atoms with Crippen LogP contribution in [0.5, 0.6) is 5.75 Å². The molecule has 0 radical (unpaired) electrons. The van der Waals surface area contributed by atoms with Gasteiger partial charge in [0, 0.05) is 5.56 Å². The summed E-state index contributed by atoms with van der Waals surface area (Å²) in [6.07, 6.45) is 0. The van der Waals surface area contributed by atoms with E-state index in [4.69, 9.17) is 9.26 Å². The number of hydrogen-bond acceptors (Lipinski definition) is 4. The van der Waals surface area contributed by atoms with Crippen LogP contribution in [0.15, 0.2) is 51.5 Å². The van der Waals surface area contributed by atoms with Crippen molar-refractivity contribution in [2.45, 2.75) is 13.5 Å². The highest BCUT2D eigenvalue weighted by Gasteiger charge is 2.11. The molecule has 0 saturated heterocycles. The Morgan fingerprint density at radius 1 is 1.23 bits per heavy atom. The Balaban J connectivity index is 1.74. The Hall–Kier alpha value is -2.21. The topological polar surface area (TPSA) is 48.2 Å². The molecule has 0 bridgehead atoms. The minimum Gasteiger partial charge on any atom is -0.483 e. The first-order valence-corrected chi connectivity index (χ1v) is 7.39. The maximum Gasteiger partial charge on any atom is 0.264 e. The van der Waals surface area contributed by atoms with E-state index < -0.39 is 0 Å². The SMILES string of the molecule is Cc1ccccc1-c1noc(COc2ccc(F)cc2Br)n1. The van der Waals surface area contributed by atoms with E-state index in [1.807, 2.05) is 31.2 Å². The molecule has 1 aromatic heterocycles. The molecule has 0 fully saturated rings. The van der Waals surface area contributed by atoms with Crippen molar-refractivity contribution >= 4 is 15.9 Å². The van der Waals surface area contributed by atoms with Crippen LogP contribution in [0.1, 0.15) is 11.5 Å². The van der Waals surface area contributed by atoms with E-state index in [9.17, 15) is 4.39 Å². The second-order valence-electron chi connectivity index (χ2n) is 4.69. The highest BCUT2D eigenvalue weighted by molar-refractivity contribution is 9.10. The van der Waals surface area contributed by atoms with Crippen LogP contribution in [0.4, 0.5) is 4.39 Å². The van der Waals surface area contributed by atoms with Crippen molar-refractivity contribution in [1.29, 1.82) is 0 Å². The lowest BCUT2D eigenvalue weighted by atomic mass is 10.1. The fourth-order valence-electron chi connectivity index (χ4n) is 1.98. The van der Waals surface area contributed by atoms with Gasteiger partial charge in [-0.25, -0.2) is 4.39 Å². The minimum atomic E-state index is -0.334. The molecule has 6 heteroatoms. The van der Waals surface area contributed by atoms with Crippen molar-refractivity contribution in [3.05, 3.63) is 64.2 Å². The third-order valence-corrected chi connectivity index (χ3v) is 3.72. The number of rotatable bonds is 4. The number of ether oxygens (including phenoxy) is 1. The molecule has 0 atom stereocenters. The Morgan fingerprint density at radius 3 is 2.82 bits per heavy atom. The third kappa shape index (κ3) is 3.17. The molecule has 3 rings (SSSR count). The Labute approximate surface area is 135 Å². The summed E-state index contributed by atoms with van der Waals surface area (Å²) in [5.41, 5.74) is 1.98. The maximum absolute atomic E-state index is 13.0. The fraction of sp³-hybridized carbons (Fsp3) is 0.125. The highest BCUT2D eigenvalue weighted by Crippen LogP contribution is 2.26. The number of aromatic nitrogens is 2. The van der Waals surface area contributed by atoms with Crippen molar-refractivity contribution in [2.75, 3.05) is 0 Å². The maximum atomic E-state index is 13.0. The zero-order valence-electron chi connectivity index (χ0n) is 11.7. The molecule has 0 N–H and O–H groups in total. The summed E-state index contributed by atoms with van der Waals surface area (Å²) in [5.74, 6) is 1.06. The summed E-state index contributed by atoms with van der Waals surface area (Å²) in [6, 6.07) is 12.0. The van der Waals surface area contributed by atoms with E-state index in [0.717, 1.165) is 11.1 Å². The number of benzene rings is 2. The molecule has 2 aromatic carbocycles. The van der Waals surface area contributed by atoms with Crippen LogP contribution in [0.3, 0.4) is 0 Å². The van der Waals surface area contributed by atoms with Gasteiger partial charge in [0.2, 0.25) is 5.82 Å². The van der Waals surface area contributed by atoms with Crippen LogP contribution in [-0.2, 0) is 6.61 Å².